The van der Waals surface area contributed by atoms with E-state index in [-0.39, 0.29) is 23.8 Å². The molecule has 1 N–H and O–H groups in total. The van der Waals surface area contributed by atoms with Gasteiger partial charge in [-0.2, -0.15) is 5.10 Å². The summed E-state index contributed by atoms with van der Waals surface area (Å²) in [5, 5.41) is 7.22. The standard InChI is InChI=1S/C19H26N6O2/c1-12(2)25-8-6-16(23-25)19(27)24-7-5-15(11-24)18(26)20-10-17-21-13(3)9-14(4)22-17/h6,8-9,12,15H,5,7,10-11H2,1-4H3,(H,20,26). The first-order chi connectivity index (χ1) is 12.8. The quantitative estimate of drug-likeness (QED) is 0.864. The highest BCUT2D eigenvalue weighted by Gasteiger charge is 2.32. The van der Waals surface area contributed by atoms with Crippen LogP contribution in [0.2, 0.25) is 0 Å². The van der Waals surface area contributed by atoms with E-state index in [2.05, 4.69) is 20.4 Å². The van der Waals surface area contributed by atoms with E-state index in [9.17, 15) is 9.59 Å². The molecule has 0 radical (unpaired) electrons. The summed E-state index contributed by atoms with van der Waals surface area (Å²) >= 11 is 0. The lowest BCUT2D eigenvalue weighted by Gasteiger charge is -2.15. The lowest BCUT2D eigenvalue weighted by atomic mass is 10.1. The van der Waals surface area contributed by atoms with Crippen LogP contribution in [-0.4, -0.2) is 49.6 Å². The second-order valence-corrected chi connectivity index (χ2v) is 7.30. The smallest absolute Gasteiger partial charge is 0.274 e. The maximum atomic E-state index is 12.6. The van der Waals surface area contributed by atoms with E-state index in [1.807, 2.05) is 40.0 Å². The zero-order valence-electron chi connectivity index (χ0n) is 16.3. The Bertz CT molecular complexity index is 824. The summed E-state index contributed by atoms with van der Waals surface area (Å²) in [5.74, 6) is 0.196. The molecular formula is C19H26N6O2. The summed E-state index contributed by atoms with van der Waals surface area (Å²) in [5.41, 5.74) is 2.18. The van der Waals surface area contributed by atoms with E-state index in [0.717, 1.165) is 11.4 Å². The molecule has 2 amide bonds. The Hall–Kier alpha value is -2.77. The van der Waals surface area contributed by atoms with Gasteiger partial charge in [0.25, 0.3) is 5.91 Å². The fourth-order valence-electron chi connectivity index (χ4n) is 3.25. The molecule has 1 atom stereocenters. The summed E-state index contributed by atoms with van der Waals surface area (Å²) < 4.78 is 1.76. The largest absolute Gasteiger partial charge is 0.349 e. The van der Waals surface area contributed by atoms with Crippen molar-refractivity contribution in [1.29, 1.82) is 0 Å². The van der Waals surface area contributed by atoms with Crippen molar-refractivity contribution < 1.29 is 9.59 Å². The molecular weight excluding hydrogens is 344 g/mol. The number of nitrogens with one attached hydrogen (secondary N) is 1. The minimum Gasteiger partial charge on any atom is -0.349 e. The molecule has 27 heavy (non-hydrogen) atoms. The number of likely N-dealkylation sites (tertiary alicyclic amines) is 1. The highest BCUT2D eigenvalue weighted by Crippen LogP contribution is 2.19. The molecule has 144 valence electrons. The fraction of sp³-hybridized carbons (Fsp3) is 0.526. The molecule has 0 aliphatic carbocycles. The topological polar surface area (TPSA) is 93.0 Å². The molecule has 1 aliphatic rings. The van der Waals surface area contributed by atoms with Gasteiger partial charge in [0.1, 0.15) is 11.5 Å². The lowest BCUT2D eigenvalue weighted by Crippen LogP contribution is -2.35. The van der Waals surface area contributed by atoms with Crippen molar-refractivity contribution in [3.05, 3.63) is 41.2 Å². The molecule has 8 nitrogen and oxygen atoms in total. The number of amides is 2. The number of hydrogen-bond donors (Lipinski definition) is 1. The Morgan fingerprint density at radius 3 is 2.59 bits per heavy atom. The van der Waals surface area contributed by atoms with Crippen LogP contribution in [0.25, 0.3) is 0 Å². The average Bonchev–Trinajstić information content (AvgIpc) is 3.28. The molecule has 2 aromatic rings. The zero-order valence-corrected chi connectivity index (χ0v) is 16.3. The third kappa shape index (κ3) is 4.50. The summed E-state index contributed by atoms with van der Waals surface area (Å²) in [6.07, 6.45) is 2.46. The van der Waals surface area contributed by atoms with Crippen LogP contribution in [0.5, 0.6) is 0 Å². The number of carbonyl (C=O) groups excluding carboxylic acids is 2. The normalized spacial score (nSPS) is 16.8. The summed E-state index contributed by atoms with van der Waals surface area (Å²) in [6, 6.07) is 3.83. The molecule has 0 aromatic carbocycles. The van der Waals surface area contributed by atoms with E-state index in [0.29, 0.717) is 37.6 Å². The molecule has 0 bridgehead atoms. The molecule has 2 aromatic heterocycles. The van der Waals surface area contributed by atoms with Crippen molar-refractivity contribution >= 4 is 11.8 Å². The number of carbonyl (C=O) groups is 2. The van der Waals surface area contributed by atoms with Gasteiger partial charge in [-0.15, -0.1) is 0 Å². The first kappa shape index (κ1) is 19.0. The Balaban J connectivity index is 1.55. The SMILES string of the molecule is Cc1cc(C)nc(CNC(=O)C2CCN(C(=O)c3ccn(C(C)C)n3)C2)n1. The van der Waals surface area contributed by atoms with E-state index in [1.165, 1.54) is 0 Å². The van der Waals surface area contributed by atoms with Gasteiger partial charge in [-0.3, -0.25) is 14.3 Å². The predicted molar refractivity (Wildman–Crippen MR) is 100.0 cm³/mol. The molecule has 1 unspecified atom stereocenters. The van der Waals surface area contributed by atoms with E-state index in [1.54, 1.807) is 15.6 Å². The van der Waals surface area contributed by atoms with Crippen molar-refractivity contribution in [2.45, 2.75) is 46.7 Å². The Morgan fingerprint density at radius 2 is 1.96 bits per heavy atom. The van der Waals surface area contributed by atoms with Crippen LogP contribution in [0.3, 0.4) is 0 Å². The number of nitrogens with zero attached hydrogens (tertiary/aromatic N) is 5. The van der Waals surface area contributed by atoms with Gasteiger partial charge >= 0.3 is 0 Å². The highest BCUT2D eigenvalue weighted by molar-refractivity contribution is 5.93. The highest BCUT2D eigenvalue weighted by atomic mass is 16.2. The number of hydrogen-bond acceptors (Lipinski definition) is 5. The monoisotopic (exact) mass is 370 g/mol. The summed E-state index contributed by atoms with van der Waals surface area (Å²) in [4.78, 5) is 35.4. The Morgan fingerprint density at radius 1 is 1.26 bits per heavy atom. The molecule has 1 aliphatic heterocycles. The maximum Gasteiger partial charge on any atom is 0.274 e. The summed E-state index contributed by atoms with van der Waals surface area (Å²) in [7, 11) is 0. The Kier molecular flexibility index (Phi) is 5.53. The van der Waals surface area contributed by atoms with Gasteiger partial charge in [0, 0.05) is 36.7 Å². The van der Waals surface area contributed by atoms with Crippen molar-refractivity contribution in [2.75, 3.05) is 13.1 Å². The van der Waals surface area contributed by atoms with Crippen LogP contribution in [0.1, 0.15) is 54.0 Å². The third-order valence-electron chi connectivity index (χ3n) is 4.65. The predicted octanol–water partition coefficient (Wildman–Crippen LogP) is 1.65. The van der Waals surface area contributed by atoms with Crippen molar-refractivity contribution in [3.63, 3.8) is 0 Å². The van der Waals surface area contributed by atoms with Crippen LogP contribution in [0, 0.1) is 19.8 Å². The molecule has 3 rings (SSSR count). The van der Waals surface area contributed by atoms with Gasteiger partial charge in [0.15, 0.2) is 0 Å². The average molecular weight is 370 g/mol. The molecule has 3 heterocycles. The van der Waals surface area contributed by atoms with Crippen molar-refractivity contribution in [2.24, 2.45) is 5.92 Å². The number of rotatable bonds is 5. The summed E-state index contributed by atoms with van der Waals surface area (Å²) in [6.45, 7) is 9.10. The van der Waals surface area contributed by atoms with Crippen LogP contribution in [0.15, 0.2) is 18.3 Å². The van der Waals surface area contributed by atoms with Crippen molar-refractivity contribution in [1.82, 2.24) is 30.0 Å². The molecule has 1 saturated heterocycles. The first-order valence-corrected chi connectivity index (χ1v) is 9.27. The van der Waals surface area contributed by atoms with Crippen molar-refractivity contribution in [3.8, 4) is 0 Å². The van der Waals surface area contributed by atoms with Gasteiger partial charge in [0.2, 0.25) is 5.91 Å². The molecule has 1 fully saturated rings. The van der Waals surface area contributed by atoms with E-state index >= 15 is 0 Å². The Labute approximate surface area is 159 Å². The van der Waals surface area contributed by atoms with Gasteiger partial charge in [-0.1, -0.05) is 0 Å². The maximum absolute atomic E-state index is 12.6. The number of aromatic nitrogens is 4. The second kappa shape index (κ2) is 7.85. The zero-order chi connectivity index (χ0) is 19.6. The van der Waals surface area contributed by atoms with Crippen LogP contribution in [-0.2, 0) is 11.3 Å². The number of aryl methyl sites for hydroxylation is 2. The van der Waals surface area contributed by atoms with Crippen LogP contribution < -0.4 is 5.32 Å². The molecule has 0 spiro atoms. The van der Waals surface area contributed by atoms with Gasteiger partial charge in [-0.25, -0.2) is 9.97 Å². The van der Waals surface area contributed by atoms with Gasteiger partial charge in [0.05, 0.1) is 12.5 Å². The molecule has 0 saturated carbocycles. The second-order valence-electron chi connectivity index (χ2n) is 7.30. The van der Waals surface area contributed by atoms with Crippen LogP contribution in [0.4, 0.5) is 0 Å². The van der Waals surface area contributed by atoms with E-state index < -0.39 is 0 Å². The first-order valence-electron chi connectivity index (χ1n) is 9.27. The van der Waals surface area contributed by atoms with Gasteiger partial charge < -0.3 is 10.2 Å². The molecule has 8 heteroatoms. The van der Waals surface area contributed by atoms with E-state index in [4.69, 9.17) is 0 Å². The fourth-order valence-corrected chi connectivity index (χ4v) is 3.25. The minimum absolute atomic E-state index is 0.0687. The third-order valence-corrected chi connectivity index (χ3v) is 4.65. The van der Waals surface area contributed by atoms with Gasteiger partial charge in [-0.05, 0) is 46.2 Å². The minimum atomic E-state index is -0.216. The van der Waals surface area contributed by atoms with Crippen LogP contribution >= 0.6 is 0 Å². The lowest BCUT2D eigenvalue weighted by molar-refractivity contribution is -0.124.